The molecule has 126 valence electrons. The van der Waals surface area contributed by atoms with Crippen LogP contribution in [0.4, 0.5) is 0 Å². The van der Waals surface area contributed by atoms with E-state index in [-0.39, 0.29) is 0 Å². The molecule has 0 atom stereocenters. The van der Waals surface area contributed by atoms with Crippen molar-refractivity contribution in [3.05, 3.63) is 102 Å². The van der Waals surface area contributed by atoms with Gasteiger partial charge in [-0.2, -0.15) is 0 Å². The summed E-state index contributed by atoms with van der Waals surface area (Å²) in [5.41, 5.74) is 10.6. The summed E-state index contributed by atoms with van der Waals surface area (Å²) in [5, 5.41) is 4.89. The quantitative estimate of drug-likeness (QED) is 0.342. The summed E-state index contributed by atoms with van der Waals surface area (Å²) in [4.78, 5) is 0. The maximum atomic E-state index is 4.04. The number of benzene rings is 3. The number of allylic oxidation sites excluding steroid dienone is 4. The Kier molecular flexibility index (Phi) is 5.20. The van der Waals surface area contributed by atoms with E-state index in [2.05, 4.69) is 73.2 Å². The van der Waals surface area contributed by atoms with Crippen molar-refractivity contribution in [3.8, 4) is 0 Å². The molecule has 0 fully saturated rings. The molecule has 1 aliphatic carbocycles. The minimum atomic E-state index is 1.13. The summed E-state index contributed by atoms with van der Waals surface area (Å²) in [5.74, 6) is 0. The van der Waals surface area contributed by atoms with Gasteiger partial charge in [-0.05, 0) is 68.1 Å². The summed E-state index contributed by atoms with van der Waals surface area (Å²) in [6.07, 6.45) is 9.77. The van der Waals surface area contributed by atoms with Gasteiger partial charge in [-0.15, -0.1) is 0 Å². The molecule has 0 saturated carbocycles. The zero-order valence-electron chi connectivity index (χ0n) is 15.3. The van der Waals surface area contributed by atoms with E-state index >= 15 is 0 Å². The average Bonchev–Trinajstić information content (AvgIpc) is 2.74. The SMILES string of the molecule is C=Cc1c(C=C)c2cc(C3=CC=C=C=C3)ccc2c2ccccc12.CC. The minimum absolute atomic E-state index is 1.13. The van der Waals surface area contributed by atoms with Gasteiger partial charge in [0.25, 0.3) is 0 Å². The van der Waals surface area contributed by atoms with Crippen LogP contribution in [0.5, 0.6) is 0 Å². The summed E-state index contributed by atoms with van der Waals surface area (Å²) in [6, 6.07) is 15.1. The van der Waals surface area contributed by atoms with Crippen molar-refractivity contribution in [2.45, 2.75) is 13.8 Å². The monoisotopic (exact) mass is 334 g/mol. The molecule has 0 heteroatoms. The molecule has 0 heterocycles. The first kappa shape index (κ1) is 17.5. The molecule has 0 nitrogen and oxygen atoms in total. The average molecular weight is 334 g/mol. The van der Waals surface area contributed by atoms with Crippen molar-refractivity contribution in [2.75, 3.05) is 0 Å². The highest BCUT2D eigenvalue weighted by Gasteiger charge is 2.11. The lowest BCUT2D eigenvalue weighted by atomic mass is 9.89. The molecule has 26 heavy (non-hydrogen) atoms. The molecule has 0 bridgehead atoms. The van der Waals surface area contributed by atoms with Crippen molar-refractivity contribution in [1.29, 1.82) is 0 Å². The lowest BCUT2D eigenvalue weighted by Gasteiger charge is -2.14. The number of rotatable bonds is 3. The Balaban J connectivity index is 0.000000948. The van der Waals surface area contributed by atoms with Crippen LogP contribution in [0.1, 0.15) is 30.5 Å². The molecule has 3 aromatic carbocycles. The predicted octanol–water partition coefficient (Wildman–Crippen LogP) is 7.57. The number of fused-ring (bicyclic) bond motifs is 3. The fourth-order valence-electron chi connectivity index (χ4n) is 3.39. The highest BCUT2D eigenvalue weighted by Crippen LogP contribution is 2.36. The maximum Gasteiger partial charge on any atom is -0.00365 e. The lowest BCUT2D eigenvalue weighted by Crippen LogP contribution is -1.91. The molecular weight excluding hydrogens is 312 g/mol. The summed E-state index contributed by atoms with van der Waals surface area (Å²) >= 11 is 0. The van der Waals surface area contributed by atoms with Crippen LogP contribution in [0, 0.1) is 0 Å². The van der Waals surface area contributed by atoms with Crippen LogP contribution in [0.15, 0.2) is 85.3 Å². The Bertz CT molecular complexity index is 1140. The molecule has 0 N–H and O–H groups in total. The summed E-state index contributed by atoms with van der Waals surface area (Å²) in [7, 11) is 0. The third-order valence-corrected chi connectivity index (χ3v) is 4.51. The first-order valence-electron chi connectivity index (χ1n) is 8.95. The highest BCUT2D eigenvalue weighted by atomic mass is 14.1. The van der Waals surface area contributed by atoms with Crippen molar-refractivity contribution >= 4 is 39.3 Å². The zero-order valence-corrected chi connectivity index (χ0v) is 15.3. The van der Waals surface area contributed by atoms with Gasteiger partial charge in [-0.3, -0.25) is 0 Å². The van der Waals surface area contributed by atoms with E-state index in [1.54, 1.807) is 0 Å². The summed E-state index contributed by atoms with van der Waals surface area (Å²) in [6.45, 7) is 12.1. The van der Waals surface area contributed by atoms with Gasteiger partial charge in [-0.25, -0.2) is 0 Å². The number of hydrogen-bond donors (Lipinski definition) is 0. The zero-order chi connectivity index (χ0) is 18.5. The second-order valence-electron chi connectivity index (χ2n) is 5.76. The van der Waals surface area contributed by atoms with Gasteiger partial charge in [0.2, 0.25) is 0 Å². The second-order valence-corrected chi connectivity index (χ2v) is 5.76. The van der Waals surface area contributed by atoms with Gasteiger partial charge in [0, 0.05) is 0 Å². The van der Waals surface area contributed by atoms with Crippen LogP contribution >= 0.6 is 0 Å². The van der Waals surface area contributed by atoms with Gasteiger partial charge < -0.3 is 0 Å². The Labute approximate surface area is 155 Å². The van der Waals surface area contributed by atoms with Gasteiger partial charge in [0.05, 0.1) is 0 Å². The van der Waals surface area contributed by atoms with E-state index in [4.69, 9.17) is 0 Å². The van der Waals surface area contributed by atoms with Crippen LogP contribution in [-0.2, 0) is 0 Å². The molecule has 0 aliphatic heterocycles. The largest absolute Gasteiger partial charge is 0.0984 e. The van der Waals surface area contributed by atoms with Crippen molar-refractivity contribution in [3.63, 3.8) is 0 Å². The van der Waals surface area contributed by atoms with Crippen LogP contribution in [0.3, 0.4) is 0 Å². The molecule has 0 amide bonds. The molecule has 0 saturated heterocycles. The van der Waals surface area contributed by atoms with E-state index < -0.39 is 0 Å². The van der Waals surface area contributed by atoms with E-state index in [1.165, 1.54) is 27.1 Å². The topological polar surface area (TPSA) is 0 Å². The maximum absolute atomic E-state index is 4.04. The van der Waals surface area contributed by atoms with E-state index in [0.29, 0.717) is 0 Å². The van der Waals surface area contributed by atoms with Crippen LogP contribution in [0.25, 0.3) is 39.3 Å². The van der Waals surface area contributed by atoms with Crippen LogP contribution in [0.2, 0.25) is 0 Å². The molecule has 0 radical (unpaired) electrons. The Morgan fingerprint density at radius 3 is 2.08 bits per heavy atom. The van der Waals surface area contributed by atoms with E-state index in [1.807, 2.05) is 38.2 Å². The second kappa shape index (κ2) is 7.72. The Morgan fingerprint density at radius 1 is 0.769 bits per heavy atom. The molecule has 4 rings (SSSR count). The smallest absolute Gasteiger partial charge is 0.00365 e. The molecule has 3 aromatic rings. The Hall–Kier alpha value is -3.30. The standard InChI is InChI=1S/C24H16.C2H6/c1-3-19-20(4-2)24-16-18(17-10-6-5-7-11-17)14-15-23(24)22-13-9-8-12-21(19)22;1-2/h3-4,6,8-16H,1-2H2;1-2H3. The van der Waals surface area contributed by atoms with Crippen LogP contribution < -0.4 is 0 Å². The predicted molar refractivity (Wildman–Crippen MR) is 117 cm³/mol. The highest BCUT2D eigenvalue weighted by molar-refractivity contribution is 6.15. The van der Waals surface area contributed by atoms with E-state index in [0.717, 1.165) is 16.7 Å². The van der Waals surface area contributed by atoms with Gasteiger partial charge >= 0.3 is 0 Å². The van der Waals surface area contributed by atoms with Crippen LogP contribution in [-0.4, -0.2) is 0 Å². The summed E-state index contributed by atoms with van der Waals surface area (Å²) < 4.78 is 0. The van der Waals surface area contributed by atoms with Gasteiger partial charge in [0.1, 0.15) is 0 Å². The van der Waals surface area contributed by atoms with Crippen molar-refractivity contribution in [1.82, 2.24) is 0 Å². The molecule has 1 aliphatic rings. The van der Waals surface area contributed by atoms with E-state index in [9.17, 15) is 0 Å². The third kappa shape index (κ3) is 2.89. The van der Waals surface area contributed by atoms with Gasteiger partial charge in [0.15, 0.2) is 0 Å². The fraction of sp³-hybridized carbons (Fsp3) is 0.0769. The van der Waals surface area contributed by atoms with Crippen molar-refractivity contribution in [2.24, 2.45) is 0 Å². The molecule has 0 spiro atoms. The minimum Gasteiger partial charge on any atom is -0.0984 e. The molecule has 0 unspecified atom stereocenters. The molecule has 0 aromatic heterocycles. The van der Waals surface area contributed by atoms with Crippen molar-refractivity contribution < 1.29 is 0 Å². The Morgan fingerprint density at radius 2 is 1.42 bits per heavy atom. The normalized spacial score (nSPS) is 11.8. The third-order valence-electron chi connectivity index (χ3n) is 4.51. The number of hydrogen-bond acceptors (Lipinski definition) is 0. The lowest BCUT2D eigenvalue weighted by molar-refractivity contribution is 1.50. The molecular formula is C26H22. The first-order valence-corrected chi connectivity index (χ1v) is 8.95. The first-order chi connectivity index (χ1) is 12.8. The fourth-order valence-corrected chi connectivity index (χ4v) is 3.39. The van der Waals surface area contributed by atoms with Gasteiger partial charge in [-0.1, -0.05) is 87.0 Å².